The molecule has 0 saturated heterocycles. The van der Waals surface area contributed by atoms with E-state index in [1.165, 1.54) is 12.8 Å². The van der Waals surface area contributed by atoms with Gasteiger partial charge in [0, 0.05) is 28.7 Å². The van der Waals surface area contributed by atoms with Crippen molar-refractivity contribution < 1.29 is 4.79 Å². The van der Waals surface area contributed by atoms with Gasteiger partial charge in [-0.15, -0.1) is 0 Å². The van der Waals surface area contributed by atoms with Crippen molar-refractivity contribution in [2.75, 3.05) is 0 Å². The van der Waals surface area contributed by atoms with Gasteiger partial charge in [0.15, 0.2) is 0 Å². The van der Waals surface area contributed by atoms with Crippen LogP contribution in [0.4, 0.5) is 0 Å². The molecular formula is C14H15ClN2O. The first-order valence-corrected chi connectivity index (χ1v) is 6.69. The van der Waals surface area contributed by atoms with Crippen LogP contribution >= 0.6 is 11.6 Å². The maximum atomic E-state index is 12.1. The second kappa shape index (κ2) is 4.65. The normalized spacial score (nSPS) is 16.3. The number of amides is 1. The molecule has 0 radical (unpaired) electrons. The average molecular weight is 263 g/mol. The number of carbonyl (C=O) groups excluding carboxylic acids is 1. The highest BCUT2D eigenvalue weighted by Gasteiger charge is 2.18. The predicted octanol–water partition coefficient (Wildman–Crippen LogP) is 3.49. The highest BCUT2D eigenvalue weighted by atomic mass is 35.5. The molecule has 1 fully saturated rings. The van der Waals surface area contributed by atoms with Crippen LogP contribution in [0.5, 0.6) is 0 Å². The number of nitrogens with one attached hydrogen (secondary N) is 2. The van der Waals surface area contributed by atoms with Crippen molar-refractivity contribution in [3.63, 3.8) is 0 Å². The first-order chi connectivity index (χ1) is 8.74. The maximum absolute atomic E-state index is 12.1. The molecule has 3 nitrogen and oxygen atoms in total. The van der Waals surface area contributed by atoms with Crippen molar-refractivity contribution in [2.24, 2.45) is 0 Å². The molecule has 1 amide bonds. The van der Waals surface area contributed by atoms with E-state index in [0.29, 0.717) is 16.6 Å². The van der Waals surface area contributed by atoms with Crippen molar-refractivity contribution in [1.29, 1.82) is 0 Å². The SMILES string of the molecule is O=C(NC1CCCC1)c1ccc2c(Cl)c[nH]c2c1. The van der Waals surface area contributed by atoms with Crippen LogP contribution in [-0.4, -0.2) is 16.9 Å². The summed E-state index contributed by atoms with van der Waals surface area (Å²) in [5, 5.41) is 4.72. The van der Waals surface area contributed by atoms with Gasteiger partial charge in [0.1, 0.15) is 0 Å². The number of H-pyrrole nitrogens is 1. The first-order valence-electron chi connectivity index (χ1n) is 6.31. The van der Waals surface area contributed by atoms with Crippen molar-refractivity contribution in [3.8, 4) is 0 Å². The van der Waals surface area contributed by atoms with Crippen LogP contribution in [-0.2, 0) is 0 Å². The molecular weight excluding hydrogens is 248 g/mol. The summed E-state index contributed by atoms with van der Waals surface area (Å²) in [6, 6.07) is 5.91. The molecule has 0 spiro atoms. The van der Waals surface area contributed by atoms with E-state index in [1.54, 1.807) is 6.20 Å². The second-order valence-corrected chi connectivity index (χ2v) is 5.26. The zero-order valence-electron chi connectivity index (χ0n) is 10.0. The third-order valence-corrected chi connectivity index (χ3v) is 3.90. The molecule has 0 bridgehead atoms. The third kappa shape index (κ3) is 2.10. The minimum atomic E-state index is 0.00882. The fourth-order valence-corrected chi connectivity index (χ4v) is 2.79. The molecule has 94 valence electrons. The number of rotatable bonds is 2. The Morgan fingerprint density at radius 1 is 1.33 bits per heavy atom. The van der Waals surface area contributed by atoms with Crippen molar-refractivity contribution in [3.05, 3.63) is 35.0 Å². The zero-order valence-corrected chi connectivity index (χ0v) is 10.8. The van der Waals surface area contributed by atoms with Gasteiger partial charge in [0.25, 0.3) is 5.91 Å². The summed E-state index contributed by atoms with van der Waals surface area (Å²) in [5.41, 5.74) is 1.59. The average Bonchev–Trinajstić information content (AvgIpc) is 2.99. The lowest BCUT2D eigenvalue weighted by atomic mass is 10.1. The Labute approximate surface area is 111 Å². The lowest BCUT2D eigenvalue weighted by Crippen LogP contribution is -2.32. The van der Waals surface area contributed by atoms with E-state index >= 15 is 0 Å². The van der Waals surface area contributed by atoms with Gasteiger partial charge in [0.2, 0.25) is 0 Å². The topological polar surface area (TPSA) is 44.9 Å². The number of benzene rings is 1. The van der Waals surface area contributed by atoms with Gasteiger partial charge in [-0.05, 0) is 25.0 Å². The van der Waals surface area contributed by atoms with Crippen LogP contribution in [0.3, 0.4) is 0 Å². The van der Waals surface area contributed by atoms with Gasteiger partial charge >= 0.3 is 0 Å². The molecule has 1 saturated carbocycles. The number of hydrogen-bond acceptors (Lipinski definition) is 1. The molecule has 1 aliphatic rings. The van der Waals surface area contributed by atoms with Gasteiger partial charge in [-0.25, -0.2) is 0 Å². The molecule has 2 N–H and O–H groups in total. The molecule has 0 unspecified atom stereocenters. The zero-order chi connectivity index (χ0) is 12.5. The maximum Gasteiger partial charge on any atom is 0.251 e. The van der Waals surface area contributed by atoms with Gasteiger partial charge in [-0.2, -0.15) is 0 Å². The van der Waals surface area contributed by atoms with E-state index in [2.05, 4.69) is 10.3 Å². The highest BCUT2D eigenvalue weighted by molar-refractivity contribution is 6.35. The number of hydrogen-bond donors (Lipinski definition) is 2. The molecule has 4 heteroatoms. The van der Waals surface area contributed by atoms with Crippen molar-refractivity contribution >= 4 is 28.4 Å². The van der Waals surface area contributed by atoms with Gasteiger partial charge in [0.05, 0.1) is 5.02 Å². The van der Waals surface area contributed by atoms with Crippen molar-refractivity contribution in [1.82, 2.24) is 10.3 Å². The molecule has 0 aliphatic heterocycles. The number of halogens is 1. The summed E-state index contributed by atoms with van der Waals surface area (Å²) in [6.07, 6.45) is 6.38. The Bertz CT molecular complexity index is 584. The number of carbonyl (C=O) groups is 1. The molecule has 1 aliphatic carbocycles. The fraction of sp³-hybridized carbons (Fsp3) is 0.357. The smallest absolute Gasteiger partial charge is 0.251 e. The predicted molar refractivity (Wildman–Crippen MR) is 73.0 cm³/mol. The summed E-state index contributed by atoms with van der Waals surface area (Å²) in [6.45, 7) is 0. The van der Waals surface area contributed by atoms with Gasteiger partial charge < -0.3 is 10.3 Å². The van der Waals surface area contributed by atoms with Gasteiger partial charge in [-0.1, -0.05) is 30.5 Å². The van der Waals surface area contributed by atoms with Crippen LogP contribution < -0.4 is 5.32 Å². The Kier molecular flexibility index (Phi) is 3.00. The first kappa shape index (κ1) is 11.6. The molecule has 1 heterocycles. The van der Waals surface area contributed by atoms with E-state index in [-0.39, 0.29) is 5.91 Å². The van der Waals surface area contributed by atoms with Gasteiger partial charge in [-0.3, -0.25) is 4.79 Å². The standard InChI is InChI=1S/C14H15ClN2O/c15-12-8-16-13-7-9(5-6-11(12)13)14(18)17-10-3-1-2-4-10/h5-8,10,16H,1-4H2,(H,17,18). The Morgan fingerprint density at radius 2 is 2.11 bits per heavy atom. The van der Waals surface area contributed by atoms with Crippen LogP contribution in [0.1, 0.15) is 36.0 Å². The monoisotopic (exact) mass is 262 g/mol. The molecule has 2 aromatic rings. The molecule has 18 heavy (non-hydrogen) atoms. The van der Waals surface area contributed by atoms with Crippen LogP contribution in [0, 0.1) is 0 Å². The number of aromatic nitrogens is 1. The third-order valence-electron chi connectivity index (χ3n) is 3.58. The van der Waals surface area contributed by atoms with E-state index in [9.17, 15) is 4.79 Å². The van der Waals surface area contributed by atoms with Crippen LogP contribution in [0.25, 0.3) is 10.9 Å². The second-order valence-electron chi connectivity index (χ2n) is 4.85. The number of fused-ring (bicyclic) bond motifs is 1. The summed E-state index contributed by atoms with van der Waals surface area (Å²) in [7, 11) is 0. The van der Waals surface area contributed by atoms with E-state index < -0.39 is 0 Å². The molecule has 1 aromatic heterocycles. The largest absolute Gasteiger partial charge is 0.360 e. The summed E-state index contributed by atoms with van der Waals surface area (Å²) in [5.74, 6) is 0.00882. The Balaban J connectivity index is 1.82. The lowest BCUT2D eigenvalue weighted by Gasteiger charge is -2.11. The Morgan fingerprint density at radius 3 is 2.89 bits per heavy atom. The molecule has 1 aromatic carbocycles. The van der Waals surface area contributed by atoms with Crippen LogP contribution in [0.15, 0.2) is 24.4 Å². The summed E-state index contributed by atoms with van der Waals surface area (Å²) < 4.78 is 0. The minimum absolute atomic E-state index is 0.00882. The summed E-state index contributed by atoms with van der Waals surface area (Å²) >= 11 is 6.01. The minimum Gasteiger partial charge on any atom is -0.360 e. The summed E-state index contributed by atoms with van der Waals surface area (Å²) in [4.78, 5) is 15.2. The van der Waals surface area contributed by atoms with Crippen LogP contribution in [0.2, 0.25) is 5.02 Å². The van der Waals surface area contributed by atoms with E-state index in [1.807, 2.05) is 18.2 Å². The molecule has 0 atom stereocenters. The highest BCUT2D eigenvalue weighted by Crippen LogP contribution is 2.24. The van der Waals surface area contributed by atoms with E-state index in [4.69, 9.17) is 11.6 Å². The lowest BCUT2D eigenvalue weighted by molar-refractivity contribution is 0.0938. The number of aromatic amines is 1. The Hall–Kier alpha value is -1.48. The fourth-order valence-electron chi connectivity index (χ4n) is 2.57. The van der Waals surface area contributed by atoms with E-state index in [0.717, 1.165) is 23.7 Å². The quantitative estimate of drug-likeness (QED) is 0.855. The molecule has 3 rings (SSSR count). The van der Waals surface area contributed by atoms with Crippen molar-refractivity contribution in [2.45, 2.75) is 31.7 Å².